The second-order valence-corrected chi connectivity index (χ2v) is 10.0. The Hall–Kier alpha value is -4.11. The molecule has 1 unspecified atom stereocenters. The van der Waals surface area contributed by atoms with Gasteiger partial charge in [0.1, 0.15) is 5.75 Å². The number of methoxy groups -OCH3 is 1. The Bertz CT molecular complexity index is 1530. The molecule has 0 fully saturated rings. The van der Waals surface area contributed by atoms with Crippen LogP contribution < -0.4 is 9.04 Å². The second-order valence-electron chi connectivity index (χ2n) is 8.11. The van der Waals surface area contributed by atoms with Gasteiger partial charge in [-0.05, 0) is 23.8 Å². The zero-order valence-corrected chi connectivity index (χ0v) is 19.6. The standard InChI is InChI=1S/C26H22N2O6S/c1-33-26(30)20-15-27(21-12-6-5-11-19(20)21)25(29)24-16-28(22-13-7-8-14-23(22)34-24)35(31,32)17-18-9-3-2-4-10-18/h2-15,24H,16-17H2,1H3. The molecule has 0 saturated carbocycles. The lowest BCUT2D eigenvalue weighted by molar-refractivity contribution is 0.0602. The molecule has 35 heavy (non-hydrogen) atoms. The molecule has 8 nitrogen and oxygen atoms in total. The summed E-state index contributed by atoms with van der Waals surface area (Å²) in [4.78, 5) is 25.9. The zero-order chi connectivity index (χ0) is 24.6. The van der Waals surface area contributed by atoms with E-state index in [1.54, 1.807) is 72.8 Å². The monoisotopic (exact) mass is 490 g/mol. The van der Waals surface area contributed by atoms with Gasteiger partial charge in [-0.1, -0.05) is 60.7 Å². The topological polar surface area (TPSA) is 94.9 Å². The second kappa shape index (κ2) is 8.92. The van der Waals surface area contributed by atoms with E-state index in [0.29, 0.717) is 27.9 Å². The van der Waals surface area contributed by atoms with Crippen molar-refractivity contribution in [2.24, 2.45) is 0 Å². The number of hydrogen-bond donors (Lipinski definition) is 0. The van der Waals surface area contributed by atoms with Gasteiger partial charge in [-0.25, -0.2) is 13.2 Å². The Labute approximate surface area is 202 Å². The smallest absolute Gasteiger partial charge is 0.340 e. The summed E-state index contributed by atoms with van der Waals surface area (Å²) in [6, 6.07) is 22.5. The quantitative estimate of drug-likeness (QED) is 0.394. The van der Waals surface area contributed by atoms with E-state index in [4.69, 9.17) is 9.47 Å². The van der Waals surface area contributed by atoms with Gasteiger partial charge >= 0.3 is 5.97 Å². The molecule has 3 aromatic carbocycles. The van der Waals surface area contributed by atoms with E-state index in [2.05, 4.69) is 0 Å². The average molecular weight is 491 g/mol. The number of nitrogens with zero attached hydrogens (tertiary/aromatic N) is 2. The van der Waals surface area contributed by atoms with Crippen LogP contribution in [0.1, 0.15) is 20.7 Å². The molecule has 1 aromatic heterocycles. The van der Waals surface area contributed by atoms with E-state index in [1.165, 1.54) is 22.2 Å². The number of fused-ring (bicyclic) bond motifs is 2. The third kappa shape index (κ3) is 4.15. The zero-order valence-electron chi connectivity index (χ0n) is 18.8. The molecule has 1 aliphatic heterocycles. The van der Waals surface area contributed by atoms with E-state index < -0.39 is 28.0 Å². The highest BCUT2D eigenvalue weighted by Crippen LogP contribution is 2.36. The third-order valence-electron chi connectivity index (χ3n) is 5.89. The third-order valence-corrected chi connectivity index (χ3v) is 7.61. The van der Waals surface area contributed by atoms with Crippen molar-refractivity contribution >= 4 is 38.5 Å². The first-order valence-electron chi connectivity index (χ1n) is 10.9. The summed E-state index contributed by atoms with van der Waals surface area (Å²) < 4.78 is 40.3. The van der Waals surface area contributed by atoms with Gasteiger partial charge in [-0.3, -0.25) is 13.7 Å². The van der Waals surface area contributed by atoms with Crippen molar-refractivity contribution in [1.82, 2.24) is 4.57 Å². The summed E-state index contributed by atoms with van der Waals surface area (Å²) in [6.45, 7) is -0.203. The van der Waals surface area contributed by atoms with Crippen LogP contribution in [0, 0.1) is 0 Å². The van der Waals surface area contributed by atoms with Gasteiger partial charge in [0.05, 0.1) is 36.2 Å². The molecule has 1 atom stereocenters. The number of carbonyl (C=O) groups excluding carboxylic acids is 2. The lowest BCUT2D eigenvalue weighted by atomic mass is 10.2. The van der Waals surface area contributed by atoms with Gasteiger partial charge in [-0.2, -0.15) is 0 Å². The van der Waals surface area contributed by atoms with E-state index in [9.17, 15) is 18.0 Å². The molecule has 0 aliphatic carbocycles. The fourth-order valence-corrected chi connectivity index (χ4v) is 5.83. The van der Waals surface area contributed by atoms with Crippen LogP contribution in [0.25, 0.3) is 10.9 Å². The number of aromatic nitrogens is 1. The fraction of sp³-hybridized carbons (Fsp3) is 0.154. The molecule has 178 valence electrons. The number of rotatable bonds is 5. The molecule has 0 bridgehead atoms. The SMILES string of the molecule is COC(=O)c1cn(C(=O)C2CN(S(=O)(=O)Cc3ccccc3)c3ccccc3O2)c2ccccc12. The number of esters is 1. The largest absolute Gasteiger partial charge is 0.476 e. The molecule has 0 spiro atoms. The number of hydrogen-bond acceptors (Lipinski definition) is 6. The summed E-state index contributed by atoms with van der Waals surface area (Å²) in [6.07, 6.45) is 0.280. The van der Waals surface area contributed by atoms with Crippen LogP contribution in [0.3, 0.4) is 0 Å². The molecule has 2 heterocycles. The number of para-hydroxylation sites is 3. The molecule has 4 aromatic rings. The first-order chi connectivity index (χ1) is 16.9. The molecule has 0 amide bonds. The van der Waals surface area contributed by atoms with E-state index in [1.807, 2.05) is 6.07 Å². The Morgan fingerprint density at radius 1 is 0.971 bits per heavy atom. The van der Waals surface area contributed by atoms with Crippen LogP contribution in [0.4, 0.5) is 5.69 Å². The number of sulfonamides is 1. The molecule has 0 saturated heterocycles. The highest BCUT2D eigenvalue weighted by atomic mass is 32.2. The van der Waals surface area contributed by atoms with Crippen LogP contribution in [0.2, 0.25) is 0 Å². The van der Waals surface area contributed by atoms with Crippen molar-refractivity contribution in [3.8, 4) is 5.75 Å². The van der Waals surface area contributed by atoms with Crippen molar-refractivity contribution in [2.45, 2.75) is 11.9 Å². The number of carbonyl (C=O) groups is 2. The van der Waals surface area contributed by atoms with Crippen LogP contribution in [-0.2, 0) is 20.5 Å². The summed E-state index contributed by atoms with van der Waals surface area (Å²) >= 11 is 0. The molecular formula is C26H22N2O6S. The summed E-state index contributed by atoms with van der Waals surface area (Å²) in [5.41, 5.74) is 1.75. The average Bonchev–Trinajstić information content (AvgIpc) is 3.27. The van der Waals surface area contributed by atoms with E-state index in [0.717, 1.165) is 0 Å². The maximum Gasteiger partial charge on any atom is 0.340 e. The van der Waals surface area contributed by atoms with Crippen molar-refractivity contribution in [3.63, 3.8) is 0 Å². The predicted octanol–water partition coefficient (Wildman–Crippen LogP) is 3.87. The van der Waals surface area contributed by atoms with Crippen LogP contribution in [-0.4, -0.2) is 44.6 Å². The van der Waals surface area contributed by atoms with E-state index >= 15 is 0 Å². The first kappa shape index (κ1) is 22.7. The molecular weight excluding hydrogens is 468 g/mol. The van der Waals surface area contributed by atoms with Gasteiger partial charge < -0.3 is 9.47 Å². The summed E-state index contributed by atoms with van der Waals surface area (Å²) in [5, 5.41) is 0.553. The van der Waals surface area contributed by atoms with Gasteiger partial charge in [0.15, 0.2) is 6.10 Å². The highest BCUT2D eigenvalue weighted by Gasteiger charge is 2.38. The minimum atomic E-state index is -3.84. The van der Waals surface area contributed by atoms with Crippen LogP contribution in [0.5, 0.6) is 5.75 Å². The van der Waals surface area contributed by atoms with Crippen molar-refractivity contribution in [3.05, 3.63) is 96.2 Å². The normalized spacial score (nSPS) is 15.3. The summed E-state index contributed by atoms with van der Waals surface area (Å²) in [5.74, 6) is -0.999. The Morgan fingerprint density at radius 3 is 2.43 bits per heavy atom. The van der Waals surface area contributed by atoms with Crippen molar-refractivity contribution in [2.75, 3.05) is 18.0 Å². The van der Waals surface area contributed by atoms with Gasteiger partial charge in [-0.15, -0.1) is 0 Å². The molecule has 0 N–H and O–H groups in total. The highest BCUT2D eigenvalue weighted by molar-refractivity contribution is 7.92. The summed E-state index contributed by atoms with van der Waals surface area (Å²) in [7, 11) is -2.56. The number of ether oxygens (including phenoxy) is 2. The Morgan fingerprint density at radius 2 is 1.66 bits per heavy atom. The maximum atomic E-state index is 13.6. The van der Waals surface area contributed by atoms with Gasteiger partial charge in [0.2, 0.25) is 10.0 Å². The van der Waals surface area contributed by atoms with Gasteiger partial charge in [0.25, 0.3) is 5.91 Å². The molecule has 9 heteroatoms. The van der Waals surface area contributed by atoms with Crippen molar-refractivity contribution in [1.29, 1.82) is 0 Å². The van der Waals surface area contributed by atoms with Gasteiger partial charge in [0, 0.05) is 11.6 Å². The lowest BCUT2D eigenvalue weighted by Crippen LogP contribution is -2.48. The lowest BCUT2D eigenvalue weighted by Gasteiger charge is -2.34. The molecule has 5 rings (SSSR count). The molecule has 1 aliphatic rings. The minimum Gasteiger partial charge on any atom is -0.476 e. The Balaban J connectivity index is 1.54. The predicted molar refractivity (Wildman–Crippen MR) is 131 cm³/mol. The van der Waals surface area contributed by atoms with Crippen LogP contribution in [0.15, 0.2) is 85.1 Å². The minimum absolute atomic E-state index is 0.203. The van der Waals surface area contributed by atoms with Crippen LogP contribution >= 0.6 is 0 Å². The number of benzene rings is 3. The Kier molecular flexibility index (Phi) is 5.78. The maximum absolute atomic E-state index is 13.6. The fourth-order valence-electron chi connectivity index (χ4n) is 4.25. The molecule has 0 radical (unpaired) electrons. The van der Waals surface area contributed by atoms with E-state index in [-0.39, 0.29) is 17.9 Å². The van der Waals surface area contributed by atoms with Crippen molar-refractivity contribution < 1.29 is 27.5 Å². The first-order valence-corrected chi connectivity index (χ1v) is 12.5. The number of anilines is 1.